The van der Waals surface area contributed by atoms with Gasteiger partial charge in [-0.25, -0.2) is 0 Å². The van der Waals surface area contributed by atoms with Crippen LogP contribution in [0, 0.1) is 6.92 Å². The van der Waals surface area contributed by atoms with Gasteiger partial charge in [-0.05, 0) is 43.0 Å². The van der Waals surface area contributed by atoms with Crippen LogP contribution in [0.3, 0.4) is 0 Å². The normalized spacial score (nSPS) is 10.6. The van der Waals surface area contributed by atoms with E-state index in [2.05, 4.69) is 20.8 Å². The number of anilines is 1. The lowest BCUT2D eigenvalue weighted by atomic mass is 10.1. The van der Waals surface area contributed by atoms with Gasteiger partial charge in [0, 0.05) is 23.2 Å². The summed E-state index contributed by atoms with van der Waals surface area (Å²) in [6, 6.07) is 15.1. The average Bonchev–Trinajstić information content (AvgIpc) is 3.10. The van der Waals surface area contributed by atoms with Gasteiger partial charge in [-0.2, -0.15) is 0 Å². The fourth-order valence-corrected chi connectivity index (χ4v) is 3.92. The molecule has 2 aromatic carbocycles. The SMILES string of the molecule is CSc1cccc(NC(=O)CSc2nnc(CNC(=O)c3ccccc3C)n2C)c1. The summed E-state index contributed by atoms with van der Waals surface area (Å²) in [7, 11) is 1.82. The molecule has 0 bridgehead atoms. The molecule has 0 unspecified atom stereocenters. The Bertz CT molecular complexity index is 1050. The van der Waals surface area contributed by atoms with Crippen molar-refractivity contribution < 1.29 is 9.59 Å². The van der Waals surface area contributed by atoms with Crippen LogP contribution in [0.25, 0.3) is 0 Å². The number of rotatable bonds is 8. The van der Waals surface area contributed by atoms with Crippen LogP contribution < -0.4 is 10.6 Å². The number of aromatic nitrogens is 3. The summed E-state index contributed by atoms with van der Waals surface area (Å²) in [5.74, 6) is 0.561. The molecular weight excluding hydrogens is 418 g/mol. The highest BCUT2D eigenvalue weighted by Gasteiger charge is 2.14. The van der Waals surface area contributed by atoms with Gasteiger partial charge in [-0.15, -0.1) is 22.0 Å². The van der Waals surface area contributed by atoms with Gasteiger partial charge in [-0.1, -0.05) is 36.0 Å². The summed E-state index contributed by atoms with van der Waals surface area (Å²) in [5, 5.41) is 14.6. The van der Waals surface area contributed by atoms with E-state index in [1.807, 2.05) is 62.7 Å². The molecule has 3 rings (SSSR count). The first kappa shape index (κ1) is 21.9. The third-order valence-corrected chi connectivity index (χ3v) is 6.15. The number of amides is 2. The van der Waals surface area contributed by atoms with Crippen molar-refractivity contribution in [3.63, 3.8) is 0 Å². The molecule has 2 N–H and O–H groups in total. The Hall–Kier alpha value is -2.78. The molecule has 30 heavy (non-hydrogen) atoms. The molecule has 0 aliphatic heterocycles. The molecule has 0 aliphatic rings. The number of hydrogen-bond donors (Lipinski definition) is 2. The Balaban J connectivity index is 1.53. The minimum absolute atomic E-state index is 0.115. The van der Waals surface area contributed by atoms with Gasteiger partial charge < -0.3 is 15.2 Å². The number of carbonyl (C=O) groups excluding carboxylic acids is 2. The van der Waals surface area contributed by atoms with Crippen molar-refractivity contribution in [1.82, 2.24) is 20.1 Å². The fraction of sp³-hybridized carbons (Fsp3) is 0.238. The quantitative estimate of drug-likeness (QED) is 0.520. The van der Waals surface area contributed by atoms with Crippen LogP contribution in [-0.4, -0.2) is 38.6 Å². The Morgan fingerprint density at radius 2 is 1.90 bits per heavy atom. The number of benzene rings is 2. The predicted octanol–water partition coefficient (Wildman–Crippen LogP) is 3.51. The molecule has 0 spiro atoms. The molecule has 156 valence electrons. The first-order chi connectivity index (χ1) is 14.5. The minimum atomic E-state index is -0.155. The van der Waals surface area contributed by atoms with Crippen LogP contribution in [-0.2, 0) is 18.4 Å². The average molecular weight is 442 g/mol. The van der Waals surface area contributed by atoms with Crippen molar-refractivity contribution >= 4 is 41.0 Å². The molecule has 0 atom stereocenters. The number of hydrogen-bond acceptors (Lipinski definition) is 6. The molecule has 7 nitrogen and oxygen atoms in total. The third kappa shape index (κ3) is 5.64. The predicted molar refractivity (Wildman–Crippen MR) is 121 cm³/mol. The molecule has 3 aromatic rings. The van der Waals surface area contributed by atoms with Crippen molar-refractivity contribution in [2.24, 2.45) is 7.05 Å². The zero-order valence-corrected chi connectivity index (χ0v) is 18.6. The van der Waals surface area contributed by atoms with E-state index in [4.69, 9.17) is 0 Å². The fourth-order valence-electron chi connectivity index (χ4n) is 2.73. The zero-order chi connectivity index (χ0) is 21.5. The first-order valence-electron chi connectivity index (χ1n) is 9.26. The van der Waals surface area contributed by atoms with Crippen molar-refractivity contribution in [2.75, 3.05) is 17.3 Å². The maximum atomic E-state index is 12.4. The molecule has 9 heteroatoms. The molecule has 0 aliphatic carbocycles. The van der Waals surface area contributed by atoms with Gasteiger partial charge in [0.25, 0.3) is 5.91 Å². The standard InChI is InChI=1S/C21H23N5O2S2/c1-14-7-4-5-10-17(14)20(28)22-12-18-24-25-21(26(18)2)30-13-19(27)23-15-8-6-9-16(11-15)29-3/h4-11H,12-13H2,1-3H3,(H,22,28)(H,23,27). The molecule has 1 heterocycles. The highest BCUT2D eigenvalue weighted by Crippen LogP contribution is 2.20. The van der Waals surface area contributed by atoms with Gasteiger partial charge in [0.2, 0.25) is 5.91 Å². The number of nitrogens with one attached hydrogen (secondary N) is 2. The van der Waals surface area contributed by atoms with Crippen molar-refractivity contribution in [1.29, 1.82) is 0 Å². The summed E-state index contributed by atoms with van der Waals surface area (Å²) in [5.41, 5.74) is 2.32. The minimum Gasteiger partial charge on any atom is -0.345 e. The van der Waals surface area contributed by atoms with Crippen molar-refractivity contribution in [3.05, 3.63) is 65.5 Å². The molecular formula is C21H23N5O2S2. The number of carbonyl (C=O) groups is 2. The van der Waals surface area contributed by atoms with E-state index in [-0.39, 0.29) is 24.1 Å². The van der Waals surface area contributed by atoms with Crippen LogP contribution in [0.1, 0.15) is 21.7 Å². The smallest absolute Gasteiger partial charge is 0.251 e. The Labute approximate surface area is 184 Å². The highest BCUT2D eigenvalue weighted by atomic mass is 32.2. The van der Waals surface area contributed by atoms with Gasteiger partial charge in [0.15, 0.2) is 11.0 Å². The van der Waals surface area contributed by atoms with Gasteiger partial charge >= 0.3 is 0 Å². The van der Waals surface area contributed by atoms with Gasteiger partial charge in [0.05, 0.1) is 12.3 Å². The number of thioether (sulfide) groups is 2. The van der Waals surface area contributed by atoms with Crippen LogP contribution >= 0.6 is 23.5 Å². The number of nitrogens with zero attached hydrogens (tertiary/aromatic N) is 3. The van der Waals surface area contributed by atoms with Crippen molar-refractivity contribution in [2.45, 2.75) is 23.5 Å². The topological polar surface area (TPSA) is 88.9 Å². The molecule has 0 saturated carbocycles. The van der Waals surface area contributed by atoms with E-state index >= 15 is 0 Å². The Morgan fingerprint density at radius 1 is 1.10 bits per heavy atom. The third-order valence-electron chi connectivity index (χ3n) is 4.41. The van der Waals surface area contributed by atoms with Crippen LogP contribution in [0.2, 0.25) is 0 Å². The van der Waals surface area contributed by atoms with Gasteiger partial charge in [-0.3, -0.25) is 9.59 Å². The zero-order valence-electron chi connectivity index (χ0n) is 17.0. The second kappa shape index (κ2) is 10.3. The van der Waals surface area contributed by atoms with E-state index in [1.165, 1.54) is 11.8 Å². The van der Waals surface area contributed by atoms with E-state index < -0.39 is 0 Å². The lowest BCUT2D eigenvalue weighted by molar-refractivity contribution is -0.113. The number of aryl methyl sites for hydroxylation is 1. The second-order valence-corrected chi connectivity index (χ2v) is 8.35. The van der Waals surface area contributed by atoms with Crippen LogP contribution in [0.15, 0.2) is 58.6 Å². The summed E-state index contributed by atoms with van der Waals surface area (Å²) in [4.78, 5) is 25.7. The monoisotopic (exact) mass is 441 g/mol. The molecule has 0 saturated heterocycles. The molecule has 0 radical (unpaired) electrons. The van der Waals surface area contributed by atoms with Crippen LogP contribution in [0.4, 0.5) is 5.69 Å². The summed E-state index contributed by atoms with van der Waals surface area (Å²) >= 11 is 2.92. The summed E-state index contributed by atoms with van der Waals surface area (Å²) in [6.45, 7) is 2.15. The van der Waals surface area contributed by atoms with E-state index in [0.717, 1.165) is 16.1 Å². The molecule has 0 fully saturated rings. The van der Waals surface area contributed by atoms with E-state index in [0.29, 0.717) is 16.5 Å². The largest absolute Gasteiger partial charge is 0.345 e. The van der Waals surface area contributed by atoms with Crippen molar-refractivity contribution in [3.8, 4) is 0 Å². The maximum absolute atomic E-state index is 12.4. The Morgan fingerprint density at radius 3 is 2.67 bits per heavy atom. The lowest BCUT2D eigenvalue weighted by Gasteiger charge is -2.08. The highest BCUT2D eigenvalue weighted by molar-refractivity contribution is 7.99. The van der Waals surface area contributed by atoms with E-state index in [9.17, 15) is 9.59 Å². The molecule has 1 aromatic heterocycles. The first-order valence-corrected chi connectivity index (χ1v) is 11.5. The maximum Gasteiger partial charge on any atom is 0.251 e. The van der Waals surface area contributed by atoms with Gasteiger partial charge in [0.1, 0.15) is 0 Å². The van der Waals surface area contributed by atoms with E-state index in [1.54, 1.807) is 22.4 Å². The van der Waals surface area contributed by atoms with Crippen LogP contribution in [0.5, 0.6) is 0 Å². The molecule has 2 amide bonds. The summed E-state index contributed by atoms with van der Waals surface area (Å²) < 4.78 is 1.78. The summed E-state index contributed by atoms with van der Waals surface area (Å²) in [6.07, 6.45) is 1.99. The lowest BCUT2D eigenvalue weighted by Crippen LogP contribution is -2.25. The second-order valence-electron chi connectivity index (χ2n) is 6.52. The Kier molecular flexibility index (Phi) is 7.53.